The maximum Gasteiger partial charge on any atom is 0.430 e. The number of carboxylic acids is 1. The Bertz CT molecular complexity index is 1880. The number of carbonyl (C=O) groups is 3. The van der Waals surface area contributed by atoms with Crippen molar-refractivity contribution in [2.24, 2.45) is 12.8 Å². The van der Waals surface area contributed by atoms with E-state index in [1.807, 2.05) is 93.7 Å². The number of aliphatic carboxylic acids is 1. The van der Waals surface area contributed by atoms with Crippen LogP contribution in [0.15, 0.2) is 84.9 Å². The van der Waals surface area contributed by atoms with Gasteiger partial charge in [-0.3, -0.25) is 0 Å². The van der Waals surface area contributed by atoms with Gasteiger partial charge in [0.15, 0.2) is 0 Å². The van der Waals surface area contributed by atoms with Crippen LogP contribution in [0.5, 0.6) is 5.75 Å². The molecule has 0 aliphatic rings. The van der Waals surface area contributed by atoms with Gasteiger partial charge in [-0.15, -0.1) is 0 Å². The normalized spacial score (nSPS) is 11.1. The molecule has 4 aromatic carbocycles. The molecule has 0 saturated carbocycles. The summed E-state index contributed by atoms with van der Waals surface area (Å²) in [6.45, 7) is 4.18. The molecule has 0 amide bonds. The van der Waals surface area contributed by atoms with E-state index in [0.717, 1.165) is 32.9 Å². The molecule has 0 spiro atoms. The van der Waals surface area contributed by atoms with Crippen molar-refractivity contribution in [3.05, 3.63) is 118 Å². The number of benzene rings is 4. The first-order chi connectivity index (χ1) is 21.3. The van der Waals surface area contributed by atoms with E-state index >= 15 is 0 Å². The molecule has 0 aliphatic carbocycles. The van der Waals surface area contributed by atoms with Gasteiger partial charge in [0.1, 0.15) is 25.4 Å². The maximum absolute atomic E-state index is 13.8. The fourth-order valence-electron chi connectivity index (χ4n) is 4.85. The number of esters is 2. The molecular formula is C34H29F3N2O6. The fourth-order valence-corrected chi connectivity index (χ4v) is 4.85. The Balaban J connectivity index is 0.000000591. The first-order valence-electron chi connectivity index (χ1n) is 13.7. The molecule has 0 atom stereocenters. The molecule has 5 rings (SSSR count). The zero-order chi connectivity index (χ0) is 32.9. The number of nitrogens with two attached hydrogens (primary N) is 1. The van der Waals surface area contributed by atoms with Crippen LogP contribution in [0.3, 0.4) is 0 Å². The zero-order valence-corrected chi connectivity index (χ0v) is 24.6. The second-order valence-corrected chi connectivity index (χ2v) is 10.2. The van der Waals surface area contributed by atoms with Gasteiger partial charge in [0.2, 0.25) is 11.0 Å². The predicted octanol–water partition coefficient (Wildman–Crippen LogP) is 4.77. The zero-order valence-electron chi connectivity index (χ0n) is 24.6. The molecule has 1 heterocycles. The summed E-state index contributed by atoms with van der Waals surface area (Å²) in [5, 5.41) is 10.3. The van der Waals surface area contributed by atoms with E-state index in [2.05, 4.69) is 4.57 Å². The van der Waals surface area contributed by atoms with E-state index in [-0.39, 0.29) is 6.61 Å². The number of carboxylic acid groups (broad SMARTS) is 1. The monoisotopic (exact) mass is 618 g/mol. The Hall–Kier alpha value is -5.29. The Labute approximate surface area is 256 Å². The SMILES string of the molecule is Cc1cc(C(=O)OCc2ccccc2)cc(C)c1OC(=O)c1c2ccccc2[n+](C)c2ccc(CN)cc12.O=C([O-])C(F)(F)F. The van der Waals surface area contributed by atoms with E-state index in [4.69, 9.17) is 25.1 Å². The third kappa shape index (κ3) is 7.44. The minimum Gasteiger partial charge on any atom is -0.542 e. The molecule has 45 heavy (non-hydrogen) atoms. The summed E-state index contributed by atoms with van der Waals surface area (Å²) in [6, 6.07) is 26.6. The highest BCUT2D eigenvalue weighted by Gasteiger charge is 2.29. The van der Waals surface area contributed by atoms with Crippen LogP contribution in [0.2, 0.25) is 0 Å². The molecule has 11 heteroatoms. The molecule has 8 nitrogen and oxygen atoms in total. The lowest BCUT2D eigenvalue weighted by atomic mass is 10.00. The summed E-state index contributed by atoms with van der Waals surface area (Å²) in [6.07, 6.45) is -5.19. The third-order valence-corrected chi connectivity index (χ3v) is 7.00. The van der Waals surface area contributed by atoms with Gasteiger partial charge in [-0.25, -0.2) is 9.59 Å². The number of para-hydroxylation sites is 1. The van der Waals surface area contributed by atoms with Gasteiger partial charge in [-0.1, -0.05) is 48.5 Å². The van der Waals surface area contributed by atoms with E-state index in [1.54, 1.807) is 12.1 Å². The number of halogens is 3. The Morgan fingerprint density at radius 1 is 0.800 bits per heavy atom. The first-order valence-corrected chi connectivity index (χ1v) is 13.7. The van der Waals surface area contributed by atoms with Crippen LogP contribution in [0.4, 0.5) is 13.2 Å². The van der Waals surface area contributed by atoms with Crippen LogP contribution >= 0.6 is 0 Å². The molecular weight excluding hydrogens is 589 g/mol. The highest BCUT2D eigenvalue weighted by Crippen LogP contribution is 2.30. The Morgan fingerprint density at radius 3 is 1.98 bits per heavy atom. The van der Waals surface area contributed by atoms with Gasteiger partial charge < -0.3 is 25.1 Å². The quantitative estimate of drug-likeness (QED) is 0.126. The van der Waals surface area contributed by atoms with Crippen LogP contribution in [-0.2, 0) is 29.7 Å². The fraction of sp³-hybridized carbons (Fsp3) is 0.176. The molecule has 0 aliphatic heterocycles. The van der Waals surface area contributed by atoms with Crippen molar-refractivity contribution in [1.29, 1.82) is 0 Å². The van der Waals surface area contributed by atoms with Gasteiger partial charge in [0.25, 0.3) is 0 Å². The topological polar surface area (TPSA) is 123 Å². The van der Waals surface area contributed by atoms with Crippen molar-refractivity contribution in [3.8, 4) is 5.75 Å². The number of aryl methyl sites for hydroxylation is 3. The number of fused-ring (bicyclic) bond motifs is 2. The lowest BCUT2D eigenvalue weighted by Gasteiger charge is -2.15. The van der Waals surface area contributed by atoms with Crippen molar-refractivity contribution in [3.63, 3.8) is 0 Å². The summed E-state index contributed by atoms with van der Waals surface area (Å²) in [5.41, 5.74) is 11.8. The van der Waals surface area contributed by atoms with Crippen LogP contribution in [-0.4, -0.2) is 24.1 Å². The first kappa shape index (κ1) is 32.6. The van der Waals surface area contributed by atoms with Crippen LogP contribution in [0.25, 0.3) is 21.8 Å². The van der Waals surface area contributed by atoms with E-state index < -0.39 is 24.1 Å². The molecule has 0 radical (unpaired) electrons. The number of pyridine rings is 1. The van der Waals surface area contributed by atoms with Crippen molar-refractivity contribution >= 4 is 39.7 Å². The minimum atomic E-state index is -5.19. The second-order valence-electron chi connectivity index (χ2n) is 10.2. The molecule has 2 N–H and O–H groups in total. The Kier molecular flexibility index (Phi) is 9.83. The van der Waals surface area contributed by atoms with Crippen LogP contribution in [0, 0.1) is 13.8 Å². The molecule has 5 aromatic rings. The van der Waals surface area contributed by atoms with E-state index in [9.17, 15) is 22.8 Å². The van der Waals surface area contributed by atoms with Crippen molar-refractivity contribution in [2.45, 2.75) is 33.2 Å². The Morgan fingerprint density at radius 2 is 1.38 bits per heavy atom. The molecule has 0 fully saturated rings. The number of hydrogen-bond acceptors (Lipinski definition) is 7. The van der Waals surface area contributed by atoms with Gasteiger partial charge in [0, 0.05) is 18.7 Å². The van der Waals surface area contributed by atoms with Crippen molar-refractivity contribution in [1.82, 2.24) is 0 Å². The highest BCUT2D eigenvalue weighted by atomic mass is 19.4. The predicted molar refractivity (Wildman–Crippen MR) is 158 cm³/mol. The second kappa shape index (κ2) is 13.6. The maximum atomic E-state index is 13.8. The van der Waals surface area contributed by atoms with Crippen LogP contribution in [0.1, 0.15) is 43.0 Å². The summed E-state index contributed by atoms with van der Waals surface area (Å²) in [4.78, 5) is 35.3. The third-order valence-electron chi connectivity index (χ3n) is 7.00. The molecule has 232 valence electrons. The number of rotatable bonds is 6. The van der Waals surface area contributed by atoms with Gasteiger partial charge in [-0.05, 0) is 60.4 Å². The number of nitrogens with zero attached hydrogens (tertiary/aromatic N) is 1. The lowest BCUT2D eigenvalue weighted by molar-refractivity contribution is -0.617. The van der Waals surface area contributed by atoms with Crippen molar-refractivity contribution in [2.75, 3.05) is 0 Å². The summed E-state index contributed by atoms with van der Waals surface area (Å²) in [5.74, 6) is -3.48. The molecule has 0 unspecified atom stereocenters. The summed E-state index contributed by atoms with van der Waals surface area (Å²) >= 11 is 0. The van der Waals surface area contributed by atoms with Gasteiger partial charge >= 0.3 is 18.1 Å². The lowest BCUT2D eigenvalue weighted by Crippen LogP contribution is -2.37. The van der Waals surface area contributed by atoms with E-state index in [0.29, 0.717) is 34.5 Å². The smallest absolute Gasteiger partial charge is 0.430 e. The van der Waals surface area contributed by atoms with E-state index in [1.165, 1.54) is 0 Å². The molecule has 1 aromatic heterocycles. The minimum absolute atomic E-state index is 0.185. The highest BCUT2D eigenvalue weighted by molar-refractivity contribution is 6.13. The molecule has 0 saturated heterocycles. The standard InChI is InChI=1S/C32H29N2O4.C2HF3O2/c1-20-15-24(31(35)37-19-22-9-5-4-6-10-22)16-21(2)30(20)38-32(36)29-25-11-7-8-12-27(25)34(3)28-14-13-23(18-33)17-26(28)29;3-2(4,5)1(6)7/h4-17H,18-19,33H2,1-3H3;(H,6,7)/q+1;/p-1. The number of ether oxygens (including phenoxy) is 2. The number of aromatic nitrogens is 1. The largest absolute Gasteiger partial charge is 0.542 e. The molecule has 0 bridgehead atoms. The van der Waals surface area contributed by atoms with Crippen LogP contribution < -0.4 is 20.1 Å². The van der Waals surface area contributed by atoms with Gasteiger partial charge in [0.05, 0.1) is 21.9 Å². The summed E-state index contributed by atoms with van der Waals surface area (Å²) in [7, 11) is 1.98. The number of alkyl halides is 3. The number of hydrogen-bond donors (Lipinski definition) is 1. The summed E-state index contributed by atoms with van der Waals surface area (Å²) < 4.78 is 45.1. The average molecular weight is 619 g/mol. The number of carbonyl (C=O) groups excluding carboxylic acids is 3. The average Bonchev–Trinajstić information content (AvgIpc) is 3.01. The van der Waals surface area contributed by atoms with Crippen molar-refractivity contribution < 1.29 is 46.7 Å². The van der Waals surface area contributed by atoms with Gasteiger partial charge in [-0.2, -0.15) is 17.7 Å².